The molecule has 0 aliphatic rings. The Morgan fingerprint density at radius 3 is 2.78 bits per heavy atom. The molecule has 4 heteroatoms. The molecule has 1 N–H and O–H groups in total. The molecule has 0 saturated carbocycles. The van der Waals surface area contributed by atoms with E-state index in [1.165, 1.54) is 5.56 Å². The quantitative estimate of drug-likeness (QED) is 0.919. The molecule has 1 aromatic heterocycles. The Labute approximate surface area is 121 Å². The van der Waals surface area contributed by atoms with Gasteiger partial charge in [0.05, 0.1) is 16.8 Å². The monoisotopic (exact) mass is 324 g/mol. The maximum Gasteiger partial charge on any atom is 0.0589 e. The average Bonchev–Trinajstić information content (AvgIpc) is 2.37. The summed E-state index contributed by atoms with van der Waals surface area (Å²) < 4.78 is 1.10. The van der Waals surface area contributed by atoms with Gasteiger partial charge >= 0.3 is 0 Å². The molecule has 94 valence electrons. The smallest absolute Gasteiger partial charge is 0.0589 e. The third kappa shape index (κ3) is 3.55. The van der Waals surface area contributed by atoms with Crippen molar-refractivity contribution in [1.29, 1.82) is 0 Å². The molecule has 0 fully saturated rings. The first-order valence-corrected chi connectivity index (χ1v) is 6.89. The number of benzene rings is 1. The number of nitrogens with one attached hydrogen (secondary N) is 1. The van der Waals surface area contributed by atoms with E-state index in [1.54, 1.807) is 6.20 Å². The first-order valence-electron chi connectivity index (χ1n) is 5.72. The molecular weight excluding hydrogens is 312 g/mol. The zero-order valence-corrected chi connectivity index (χ0v) is 12.4. The van der Waals surface area contributed by atoms with Crippen molar-refractivity contribution in [1.82, 2.24) is 10.3 Å². The highest BCUT2D eigenvalue weighted by molar-refractivity contribution is 9.10. The SMILES string of the molecule is CNC(Cc1cccc(Br)c1)c1ccc(Cl)cn1. The number of halogens is 2. The molecule has 0 radical (unpaired) electrons. The molecule has 1 heterocycles. The van der Waals surface area contributed by atoms with Gasteiger partial charge in [-0.25, -0.2) is 0 Å². The lowest BCUT2D eigenvalue weighted by Gasteiger charge is -2.16. The summed E-state index contributed by atoms with van der Waals surface area (Å²) in [5, 5.41) is 3.95. The fourth-order valence-electron chi connectivity index (χ4n) is 1.85. The maximum absolute atomic E-state index is 5.85. The van der Waals surface area contributed by atoms with Gasteiger partial charge in [-0.15, -0.1) is 0 Å². The summed E-state index contributed by atoms with van der Waals surface area (Å²) in [7, 11) is 1.94. The van der Waals surface area contributed by atoms with Gasteiger partial charge in [0, 0.05) is 10.7 Å². The highest BCUT2D eigenvalue weighted by atomic mass is 79.9. The van der Waals surface area contributed by atoms with Crippen LogP contribution in [-0.4, -0.2) is 12.0 Å². The fraction of sp³-hybridized carbons (Fsp3) is 0.214. The molecule has 0 amide bonds. The van der Waals surface area contributed by atoms with Crippen LogP contribution in [-0.2, 0) is 6.42 Å². The number of likely N-dealkylation sites (N-methyl/N-ethyl adjacent to an activating group) is 1. The number of hydrogen-bond donors (Lipinski definition) is 1. The second-order valence-electron chi connectivity index (χ2n) is 4.08. The molecule has 2 nitrogen and oxygen atoms in total. The van der Waals surface area contributed by atoms with Gasteiger partial charge in [0.2, 0.25) is 0 Å². The van der Waals surface area contributed by atoms with E-state index < -0.39 is 0 Å². The van der Waals surface area contributed by atoms with Gasteiger partial charge in [-0.1, -0.05) is 39.7 Å². The molecule has 0 bridgehead atoms. The van der Waals surface area contributed by atoms with Gasteiger partial charge in [0.25, 0.3) is 0 Å². The summed E-state index contributed by atoms with van der Waals surface area (Å²) in [5.41, 5.74) is 2.27. The predicted molar refractivity (Wildman–Crippen MR) is 78.9 cm³/mol. The third-order valence-corrected chi connectivity index (χ3v) is 3.50. The van der Waals surface area contributed by atoms with E-state index in [-0.39, 0.29) is 6.04 Å². The molecule has 0 aliphatic carbocycles. The van der Waals surface area contributed by atoms with Gasteiger partial charge in [0.1, 0.15) is 0 Å². The number of nitrogens with zero attached hydrogens (tertiary/aromatic N) is 1. The van der Waals surface area contributed by atoms with E-state index in [9.17, 15) is 0 Å². The first kappa shape index (κ1) is 13.5. The van der Waals surface area contributed by atoms with Crippen LogP contribution in [0.1, 0.15) is 17.3 Å². The standard InChI is InChI=1S/C14H14BrClN2/c1-17-14(13-6-5-12(16)9-18-13)8-10-3-2-4-11(15)7-10/h2-7,9,14,17H,8H2,1H3. The molecule has 0 aliphatic heterocycles. The molecule has 1 unspecified atom stereocenters. The van der Waals surface area contributed by atoms with Crippen molar-refractivity contribution in [2.45, 2.75) is 12.5 Å². The Balaban J connectivity index is 2.17. The van der Waals surface area contributed by atoms with Crippen molar-refractivity contribution in [2.24, 2.45) is 0 Å². The van der Waals surface area contributed by atoms with E-state index in [2.05, 4.69) is 38.4 Å². The van der Waals surface area contributed by atoms with Crippen LogP contribution in [0, 0.1) is 0 Å². The second-order valence-corrected chi connectivity index (χ2v) is 5.43. The second kappa shape index (κ2) is 6.32. The van der Waals surface area contributed by atoms with Crippen LogP contribution in [0.5, 0.6) is 0 Å². The third-order valence-electron chi connectivity index (χ3n) is 2.78. The summed E-state index contributed by atoms with van der Waals surface area (Å²) in [6.07, 6.45) is 2.58. The van der Waals surface area contributed by atoms with Crippen molar-refractivity contribution in [2.75, 3.05) is 7.05 Å². The van der Waals surface area contributed by atoms with E-state index in [1.807, 2.05) is 31.3 Å². The van der Waals surface area contributed by atoms with Crippen molar-refractivity contribution in [3.05, 3.63) is 63.3 Å². The van der Waals surface area contributed by atoms with Crippen molar-refractivity contribution >= 4 is 27.5 Å². The van der Waals surface area contributed by atoms with Crippen molar-refractivity contribution in [3.63, 3.8) is 0 Å². The van der Waals surface area contributed by atoms with E-state index in [4.69, 9.17) is 11.6 Å². The maximum atomic E-state index is 5.85. The lowest BCUT2D eigenvalue weighted by atomic mass is 10.0. The Hall–Kier alpha value is -0.900. The number of hydrogen-bond acceptors (Lipinski definition) is 2. The molecule has 1 atom stereocenters. The van der Waals surface area contributed by atoms with E-state index >= 15 is 0 Å². The fourth-order valence-corrected chi connectivity index (χ4v) is 2.41. The van der Waals surface area contributed by atoms with Crippen LogP contribution in [0.25, 0.3) is 0 Å². The van der Waals surface area contributed by atoms with Crippen LogP contribution in [0.2, 0.25) is 5.02 Å². The van der Waals surface area contributed by atoms with E-state index in [0.717, 1.165) is 16.6 Å². The minimum atomic E-state index is 0.191. The van der Waals surface area contributed by atoms with Crippen LogP contribution in [0.3, 0.4) is 0 Å². The lowest BCUT2D eigenvalue weighted by molar-refractivity contribution is 0.576. The zero-order chi connectivity index (χ0) is 13.0. The summed E-state index contributed by atoms with van der Waals surface area (Å²) >= 11 is 9.34. The van der Waals surface area contributed by atoms with Gasteiger partial charge in [0.15, 0.2) is 0 Å². The minimum absolute atomic E-state index is 0.191. The Morgan fingerprint density at radius 2 is 2.17 bits per heavy atom. The van der Waals surface area contributed by atoms with Crippen LogP contribution >= 0.6 is 27.5 Å². The zero-order valence-electron chi connectivity index (χ0n) is 10.0. The number of pyridine rings is 1. The van der Waals surface area contributed by atoms with Crippen LogP contribution in [0.15, 0.2) is 47.1 Å². The molecule has 0 spiro atoms. The largest absolute Gasteiger partial charge is 0.311 e. The Kier molecular flexibility index (Phi) is 4.75. The highest BCUT2D eigenvalue weighted by Crippen LogP contribution is 2.20. The van der Waals surface area contributed by atoms with Crippen LogP contribution < -0.4 is 5.32 Å². The molecule has 2 aromatic rings. The Bertz CT molecular complexity index is 513. The van der Waals surface area contributed by atoms with Crippen LogP contribution in [0.4, 0.5) is 0 Å². The first-order chi connectivity index (χ1) is 8.69. The normalized spacial score (nSPS) is 12.4. The lowest BCUT2D eigenvalue weighted by Crippen LogP contribution is -2.19. The molecule has 1 aromatic carbocycles. The molecular formula is C14H14BrClN2. The summed E-state index contributed by atoms with van der Waals surface area (Å²) in [6.45, 7) is 0. The van der Waals surface area contributed by atoms with Gasteiger partial charge in [-0.05, 0) is 43.3 Å². The van der Waals surface area contributed by atoms with Gasteiger partial charge in [-0.2, -0.15) is 0 Å². The molecule has 0 saturated heterocycles. The van der Waals surface area contributed by atoms with Gasteiger partial charge < -0.3 is 5.32 Å². The topological polar surface area (TPSA) is 24.9 Å². The number of rotatable bonds is 4. The van der Waals surface area contributed by atoms with E-state index in [0.29, 0.717) is 5.02 Å². The highest BCUT2D eigenvalue weighted by Gasteiger charge is 2.11. The Morgan fingerprint density at radius 1 is 1.33 bits per heavy atom. The van der Waals surface area contributed by atoms with Crippen molar-refractivity contribution in [3.8, 4) is 0 Å². The summed E-state index contributed by atoms with van der Waals surface area (Å²) in [6, 6.07) is 12.3. The average molecular weight is 326 g/mol. The summed E-state index contributed by atoms with van der Waals surface area (Å²) in [4.78, 5) is 4.36. The molecule has 2 rings (SSSR count). The van der Waals surface area contributed by atoms with Crippen molar-refractivity contribution < 1.29 is 0 Å². The van der Waals surface area contributed by atoms with Gasteiger partial charge in [-0.3, -0.25) is 4.98 Å². The number of aromatic nitrogens is 1. The predicted octanol–water partition coefficient (Wildman–Crippen LogP) is 4.00. The molecule has 18 heavy (non-hydrogen) atoms. The summed E-state index contributed by atoms with van der Waals surface area (Å²) in [5.74, 6) is 0. The minimum Gasteiger partial charge on any atom is -0.311 e.